The summed E-state index contributed by atoms with van der Waals surface area (Å²) in [5, 5.41) is 7.27. The van der Waals surface area contributed by atoms with E-state index in [0.717, 1.165) is 17.4 Å². The van der Waals surface area contributed by atoms with Crippen LogP contribution in [0.15, 0.2) is 27.3 Å². The number of halogens is 1. The van der Waals surface area contributed by atoms with Crippen molar-refractivity contribution >= 4 is 15.9 Å². The van der Waals surface area contributed by atoms with Crippen LogP contribution in [0.3, 0.4) is 0 Å². The quantitative estimate of drug-likeness (QED) is 0.930. The lowest BCUT2D eigenvalue weighted by molar-refractivity contribution is 0.116. The van der Waals surface area contributed by atoms with Gasteiger partial charge in [0.25, 0.3) is 0 Å². The molecule has 0 aromatic carbocycles. The molecular weight excluding hydrogens is 312 g/mol. The van der Waals surface area contributed by atoms with Crippen molar-refractivity contribution in [3.63, 3.8) is 0 Å². The minimum Gasteiger partial charge on any atom is -0.380 e. The molecular formula is C12H13BrN4O2. The van der Waals surface area contributed by atoms with Gasteiger partial charge in [0.1, 0.15) is 5.69 Å². The number of nitrogens with zero attached hydrogens (tertiary/aromatic N) is 3. The Kier molecular flexibility index (Phi) is 3.58. The predicted molar refractivity (Wildman–Crippen MR) is 71.4 cm³/mol. The van der Waals surface area contributed by atoms with Crippen LogP contribution in [0.5, 0.6) is 0 Å². The van der Waals surface area contributed by atoms with Crippen LogP contribution in [-0.2, 0) is 4.74 Å². The van der Waals surface area contributed by atoms with Crippen molar-refractivity contribution in [2.24, 2.45) is 0 Å². The van der Waals surface area contributed by atoms with Gasteiger partial charge in [0.05, 0.1) is 12.1 Å². The lowest BCUT2D eigenvalue weighted by Gasteiger charge is -2.04. The molecule has 2 aromatic rings. The van der Waals surface area contributed by atoms with E-state index in [2.05, 4.69) is 36.4 Å². The van der Waals surface area contributed by atoms with E-state index >= 15 is 0 Å². The van der Waals surface area contributed by atoms with E-state index in [1.54, 1.807) is 13.3 Å². The number of hydrogen-bond donors (Lipinski definition) is 1. The summed E-state index contributed by atoms with van der Waals surface area (Å²) in [6, 6.07) is 3.80. The number of aromatic nitrogens is 3. The molecule has 1 saturated heterocycles. The largest absolute Gasteiger partial charge is 0.380 e. The molecule has 100 valence electrons. The van der Waals surface area contributed by atoms with Gasteiger partial charge in [0.15, 0.2) is 0 Å². The molecule has 2 unspecified atom stereocenters. The van der Waals surface area contributed by atoms with E-state index in [1.807, 2.05) is 12.1 Å². The normalized spacial score (nSPS) is 22.8. The van der Waals surface area contributed by atoms with Crippen molar-refractivity contribution in [1.29, 1.82) is 0 Å². The first-order valence-corrected chi connectivity index (χ1v) is 6.77. The Bertz CT molecular complexity index is 557. The third kappa shape index (κ3) is 2.68. The number of methoxy groups -OCH3 is 1. The molecule has 19 heavy (non-hydrogen) atoms. The van der Waals surface area contributed by atoms with Gasteiger partial charge in [0.2, 0.25) is 11.7 Å². The lowest BCUT2D eigenvalue weighted by atomic mass is 10.2. The highest BCUT2D eigenvalue weighted by Gasteiger charge is 2.29. The Balaban J connectivity index is 1.78. The summed E-state index contributed by atoms with van der Waals surface area (Å²) in [6.45, 7) is 0.801. The van der Waals surface area contributed by atoms with Crippen LogP contribution >= 0.6 is 15.9 Å². The molecule has 1 aliphatic heterocycles. The van der Waals surface area contributed by atoms with E-state index < -0.39 is 0 Å². The van der Waals surface area contributed by atoms with Crippen LogP contribution in [-0.4, -0.2) is 34.9 Å². The van der Waals surface area contributed by atoms with E-state index in [-0.39, 0.29) is 12.1 Å². The molecule has 7 heteroatoms. The van der Waals surface area contributed by atoms with Gasteiger partial charge in [-0.3, -0.25) is 4.98 Å². The summed E-state index contributed by atoms with van der Waals surface area (Å²) in [6.07, 6.45) is 2.75. The first-order chi connectivity index (χ1) is 9.26. The smallest absolute Gasteiger partial charge is 0.244 e. The average Bonchev–Trinajstić information content (AvgIpc) is 3.08. The Morgan fingerprint density at radius 2 is 2.37 bits per heavy atom. The summed E-state index contributed by atoms with van der Waals surface area (Å²) in [7, 11) is 1.71. The number of nitrogens with one attached hydrogen (secondary N) is 1. The van der Waals surface area contributed by atoms with Crippen LogP contribution in [0, 0.1) is 0 Å². The number of ether oxygens (including phenoxy) is 1. The molecule has 6 nitrogen and oxygen atoms in total. The minimum absolute atomic E-state index is 0.0571. The maximum absolute atomic E-state index is 5.30. The SMILES string of the molecule is COC1CNC(c2nc(-c3ccc(Br)cn3)no2)C1. The Morgan fingerprint density at radius 3 is 3.05 bits per heavy atom. The molecule has 0 saturated carbocycles. The highest BCUT2D eigenvalue weighted by molar-refractivity contribution is 9.10. The van der Waals surface area contributed by atoms with Crippen LogP contribution in [0.1, 0.15) is 18.4 Å². The Hall–Kier alpha value is -1.31. The molecule has 2 aromatic heterocycles. The van der Waals surface area contributed by atoms with Crippen molar-refractivity contribution in [3.05, 3.63) is 28.7 Å². The van der Waals surface area contributed by atoms with Crippen molar-refractivity contribution in [3.8, 4) is 11.5 Å². The summed E-state index contributed by atoms with van der Waals surface area (Å²) in [4.78, 5) is 8.63. The first-order valence-electron chi connectivity index (χ1n) is 5.98. The third-order valence-electron chi connectivity index (χ3n) is 3.12. The van der Waals surface area contributed by atoms with Crippen LogP contribution in [0.2, 0.25) is 0 Å². The molecule has 3 rings (SSSR count). The fourth-order valence-electron chi connectivity index (χ4n) is 2.06. The minimum atomic E-state index is 0.0571. The zero-order chi connectivity index (χ0) is 13.2. The summed E-state index contributed by atoms with van der Waals surface area (Å²) in [5.74, 6) is 1.09. The number of hydrogen-bond acceptors (Lipinski definition) is 6. The van der Waals surface area contributed by atoms with Gasteiger partial charge in [-0.2, -0.15) is 4.98 Å². The Morgan fingerprint density at radius 1 is 1.47 bits per heavy atom. The van der Waals surface area contributed by atoms with Crippen LogP contribution in [0.25, 0.3) is 11.5 Å². The second-order valence-electron chi connectivity index (χ2n) is 4.37. The molecule has 1 N–H and O–H groups in total. The van der Waals surface area contributed by atoms with E-state index in [9.17, 15) is 0 Å². The lowest BCUT2D eigenvalue weighted by Crippen LogP contribution is -2.16. The average molecular weight is 325 g/mol. The van der Waals surface area contributed by atoms with Gasteiger partial charge in [0, 0.05) is 24.3 Å². The van der Waals surface area contributed by atoms with Crippen molar-refractivity contribution < 1.29 is 9.26 Å². The molecule has 0 aliphatic carbocycles. The fraction of sp³-hybridized carbons (Fsp3) is 0.417. The zero-order valence-electron chi connectivity index (χ0n) is 10.3. The highest BCUT2D eigenvalue weighted by Crippen LogP contribution is 2.25. The molecule has 3 heterocycles. The molecule has 0 bridgehead atoms. The molecule has 2 atom stereocenters. The van der Waals surface area contributed by atoms with Gasteiger partial charge in [-0.15, -0.1) is 0 Å². The first kappa shape index (κ1) is 12.7. The van der Waals surface area contributed by atoms with Gasteiger partial charge < -0.3 is 14.6 Å². The van der Waals surface area contributed by atoms with E-state index in [4.69, 9.17) is 9.26 Å². The zero-order valence-corrected chi connectivity index (χ0v) is 11.9. The third-order valence-corrected chi connectivity index (χ3v) is 3.59. The molecule has 0 amide bonds. The summed E-state index contributed by atoms with van der Waals surface area (Å²) < 4.78 is 11.5. The molecule has 1 fully saturated rings. The van der Waals surface area contributed by atoms with Gasteiger partial charge in [-0.1, -0.05) is 5.16 Å². The highest BCUT2D eigenvalue weighted by atomic mass is 79.9. The molecule has 0 radical (unpaired) electrons. The molecule has 0 spiro atoms. The molecule has 1 aliphatic rings. The standard InChI is InChI=1S/C12H13BrN4O2/c1-18-8-4-10(15-6-8)12-16-11(17-19-12)9-3-2-7(13)5-14-9/h2-3,5,8,10,15H,4,6H2,1H3. The monoisotopic (exact) mass is 324 g/mol. The second kappa shape index (κ2) is 5.36. The van der Waals surface area contributed by atoms with Gasteiger partial charge >= 0.3 is 0 Å². The van der Waals surface area contributed by atoms with E-state index in [1.165, 1.54) is 0 Å². The maximum Gasteiger partial charge on any atom is 0.244 e. The number of pyridine rings is 1. The van der Waals surface area contributed by atoms with Crippen LogP contribution < -0.4 is 5.32 Å². The van der Waals surface area contributed by atoms with Gasteiger partial charge in [-0.25, -0.2) is 0 Å². The van der Waals surface area contributed by atoms with Crippen molar-refractivity contribution in [1.82, 2.24) is 20.4 Å². The second-order valence-corrected chi connectivity index (χ2v) is 5.29. The Labute approximate surface area is 118 Å². The van der Waals surface area contributed by atoms with Crippen LogP contribution in [0.4, 0.5) is 0 Å². The van der Waals surface area contributed by atoms with E-state index in [0.29, 0.717) is 17.4 Å². The fourth-order valence-corrected chi connectivity index (χ4v) is 2.29. The number of rotatable bonds is 3. The van der Waals surface area contributed by atoms with Crippen molar-refractivity contribution in [2.75, 3.05) is 13.7 Å². The van der Waals surface area contributed by atoms with Gasteiger partial charge in [-0.05, 0) is 34.5 Å². The summed E-state index contributed by atoms with van der Waals surface area (Å²) >= 11 is 3.34. The predicted octanol–water partition coefficient (Wildman–Crippen LogP) is 1.94. The topological polar surface area (TPSA) is 73.1 Å². The summed E-state index contributed by atoms with van der Waals surface area (Å²) in [5.41, 5.74) is 0.694. The van der Waals surface area contributed by atoms with Crippen molar-refractivity contribution in [2.45, 2.75) is 18.6 Å². The maximum atomic E-state index is 5.30.